The Balaban J connectivity index is 2.24. The van der Waals surface area contributed by atoms with Gasteiger partial charge in [0.15, 0.2) is 0 Å². The molecule has 106 valence electrons. The van der Waals surface area contributed by atoms with Gasteiger partial charge >= 0.3 is 0 Å². The van der Waals surface area contributed by atoms with Crippen LogP contribution in [0.4, 0.5) is 0 Å². The van der Waals surface area contributed by atoms with Crippen LogP contribution in [-0.4, -0.2) is 38.7 Å². The molecular formula is C13H15N3O4. The number of nitrogens with one attached hydrogen (secondary N) is 2. The number of amides is 1. The summed E-state index contributed by atoms with van der Waals surface area (Å²) >= 11 is 0. The zero-order valence-electron chi connectivity index (χ0n) is 10.8. The van der Waals surface area contributed by atoms with E-state index in [1.54, 1.807) is 6.07 Å². The van der Waals surface area contributed by atoms with Gasteiger partial charge in [-0.2, -0.15) is 0 Å². The molecule has 1 amide bonds. The van der Waals surface area contributed by atoms with Crippen molar-refractivity contribution in [2.45, 2.75) is 19.1 Å². The third-order valence-corrected chi connectivity index (χ3v) is 2.93. The highest BCUT2D eigenvalue weighted by Crippen LogP contribution is 2.19. The Morgan fingerprint density at radius 3 is 2.90 bits per heavy atom. The van der Waals surface area contributed by atoms with E-state index in [2.05, 4.69) is 15.3 Å². The van der Waals surface area contributed by atoms with Gasteiger partial charge in [0.05, 0.1) is 17.2 Å². The van der Waals surface area contributed by atoms with Gasteiger partial charge in [-0.25, -0.2) is 4.98 Å². The minimum absolute atomic E-state index is 0.0582. The number of aliphatic hydroxyl groups excluding tert-OH is 2. The summed E-state index contributed by atoms with van der Waals surface area (Å²) in [7, 11) is 0. The first kappa shape index (κ1) is 14.2. The number of aromatic amines is 1. The number of carbonyl (C=O) groups is 1. The average Bonchev–Trinajstić information content (AvgIpc) is 2.43. The normalized spacial score (nSPS) is 13.9. The fraction of sp³-hybridized carbons (Fsp3) is 0.308. The largest absolute Gasteiger partial charge is 0.388 e. The molecule has 20 heavy (non-hydrogen) atoms. The van der Waals surface area contributed by atoms with E-state index in [9.17, 15) is 19.8 Å². The molecule has 1 aromatic heterocycles. The molecule has 0 aliphatic rings. The van der Waals surface area contributed by atoms with Crippen molar-refractivity contribution in [3.63, 3.8) is 0 Å². The Labute approximate surface area is 114 Å². The predicted molar refractivity (Wildman–Crippen MR) is 72.0 cm³/mol. The molecule has 2 unspecified atom stereocenters. The molecule has 4 N–H and O–H groups in total. The van der Waals surface area contributed by atoms with Crippen molar-refractivity contribution in [1.29, 1.82) is 0 Å². The van der Waals surface area contributed by atoms with Crippen LogP contribution in [0.15, 0.2) is 29.3 Å². The van der Waals surface area contributed by atoms with Crippen LogP contribution in [0.2, 0.25) is 0 Å². The third kappa shape index (κ3) is 3.01. The summed E-state index contributed by atoms with van der Waals surface area (Å²) in [5.74, 6) is -0.289. The lowest BCUT2D eigenvalue weighted by atomic mass is 10.0. The third-order valence-electron chi connectivity index (χ3n) is 2.93. The van der Waals surface area contributed by atoms with Crippen molar-refractivity contribution in [2.24, 2.45) is 0 Å². The number of aliphatic hydroxyl groups is 2. The molecule has 0 saturated heterocycles. The summed E-state index contributed by atoms with van der Waals surface area (Å²) in [5.41, 5.74) is 0.584. The Bertz CT molecular complexity index is 683. The number of carbonyl (C=O) groups excluding carboxylic acids is 1. The van der Waals surface area contributed by atoms with E-state index in [1.165, 1.54) is 25.4 Å². The second kappa shape index (κ2) is 5.81. The van der Waals surface area contributed by atoms with Gasteiger partial charge in [-0.1, -0.05) is 6.07 Å². The van der Waals surface area contributed by atoms with Gasteiger partial charge in [0.2, 0.25) is 5.91 Å². The minimum Gasteiger partial charge on any atom is -0.388 e. The summed E-state index contributed by atoms with van der Waals surface area (Å²) in [4.78, 5) is 28.7. The van der Waals surface area contributed by atoms with Crippen molar-refractivity contribution in [2.75, 3.05) is 6.54 Å². The average molecular weight is 277 g/mol. The van der Waals surface area contributed by atoms with Crippen molar-refractivity contribution >= 4 is 16.8 Å². The molecule has 0 bridgehead atoms. The summed E-state index contributed by atoms with van der Waals surface area (Å²) in [5, 5.41) is 22.6. The molecule has 0 radical (unpaired) electrons. The Morgan fingerprint density at radius 1 is 1.45 bits per heavy atom. The predicted octanol–water partition coefficient (Wildman–Crippen LogP) is -0.546. The summed E-state index contributed by atoms with van der Waals surface area (Å²) in [6, 6.07) is 4.61. The molecule has 0 aliphatic carbocycles. The maximum atomic E-state index is 11.5. The summed E-state index contributed by atoms with van der Waals surface area (Å²) in [6.45, 7) is 1.27. The number of fused-ring (bicyclic) bond motifs is 1. The highest BCUT2D eigenvalue weighted by Gasteiger charge is 2.19. The zero-order chi connectivity index (χ0) is 14.7. The molecule has 1 aromatic carbocycles. The van der Waals surface area contributed by atoms with Gasteiger partial charge in [0.1, 0.15) is 12.2 Å². The number of hydrogen-bond donors (Lipinski definition) is 4. The molecule has 0 fully saturated rings. The fourth-order valence-electron chi connectivity index (χ4n) is 1.85. The van der Waals surface area contributed by atoms with Crippen LogP contribution in [0.25, 0.3) is 10.9 Å². The standard InChI is InChI=1S/C13H15N3O4/c1-7(17)14-5-11(18)12(19)8-2-3-9-10(4-8)15-6-16-13(9)20/h2-4,6,11-12,18-19H,5H2,1H3,(H,14,17)(H,15,16,20). The number of hydrogen-bond acceptors (Lipinski definition) is 5. The smallest absolute Gasteiger partial charge is 0.258 e. The molecule has 0 saturated carbocycles. The van der Waals surface area contributed by atoms with E-state index in [1.807, 2.05) is 0 Å². The van der Waals surface area contributed by atoms with E-state index in [-0.39, 0.29) is 18.0 Å². The SMILES string of the molecule is CC(=O)NCC(O)C(O)c1ccc2c(=O)[nH]cnc2c1. The number of nitrogens with zero attached hydrogens (tertiary/aromatic N) is 1. The van der Waals surface area contributed by atoms with E-state index in [0.29, 0.717) is 16.5 Å². The van der Waals surface area contributed by atoms with Gasteiger partial charge in [0.25, 0.3) is 5.56 Å². The quantitative estimate of drug-likeness (QED) is 0.598. The molecule has 0 spiro atoms. The number of rotatable bonds is 4. The minimum atomic E-state index is -1.17. The van der Waals surface area contributed by atoms with Crippen molar-refractivity contribution in [3.05, 3.63) is 40.4 Å². The van der Waals surface area contributed by atoms with Crippen molar-refractivity contribution in [1.82, 2.24) is 15.3 Å². The lowest BCUT2D eigenvalue weighted by Crippen LogP contribution is -2.34. The molecule has 2 rings (SSSR count). The van der Waals surface area contributed by atoms with E-state index < -0.39 is 12.2 Å². The lowest BCUT2D eigenvalue weighted by Gasteiger charge is -2.18. The highest BCUT2D eigenvalue weighted by atomic mass is 16.3. The monoisotopic (exact) mass is 277 g/mol. The Kier molecular flexibility index (Phi) is 4.11. The first-order valence-corrected chi connectivity index (χ1v) is 6.07. The second-order valence-corrected chi connectivity index (χ2v) is 4.46. The van der Waals surface area contributed by atoms with Crippen LogP contribution in [0.5, 0.6) is 0 Å². The van der Waals surface area contributed by atoms with Crippen molar-refractivity contribution in [3.8, 4) is 0 Å². The summed E-state index contributed by atoms with van der Waals surface area (Å²) in [6.07, 6.45) is -1.04. The van der Waals surface area contributed by atoms with Crippen LogP contribution in [-0.2, 0) is 4.79 Å². The molecule has 2 atom stereocenters. The Morgan fingerprint density at radius 2 is 2.20 bits per heavy atom. The Hall–Kier alpha value is -2.25. The topological polar surface area (TPSA) is 115 Å². The maximum Gasteiger partial charge on any atom is 0.258 e. The van der Waals surface area contributed by atoms with Crippen LogP contribution in [0, 0.1) is 0 Å². The molecule has 2 aromatic rings. The van der Waals surface area contributed by atoms with Crippen LogP contribution >= 0.6 is 0 Å². The van der Waals surface area contributed by atoms with Crippen LogP contribution in [0.3, 0.4) is 0 Å². The van der Waals surface area contributed by atoms with Gasteiger partial charge in [0, 0.05) is 13.5 Å². The molecular weight excluding hydrogens is 262 g/mol. The maximum absolute atomic E-state index is 11.5. The van der Waals surface area contributed by atoms with Crippen molar-refractivity contribution < 1.29 is 15.0 Å². The van der Waals surface area contributed by atoms with Crippen LogP contribution < -0.4 is 10.9 Å². The zero-order valence-corrected chi connectivity index (χ0v) is 10.8. The summed E-state index contributed by atoms with van der Waals surface area (Å²) < 4.78 is 0. The number of aromatic nitrogens is 2. The molecule has 0 aliphatic heterocycles. The second-order valence-electron chi connectivity index (χ2n) is 4.46. The first-order chi connectivity index (χ1) is 9.49. The van der Waals surface area contributed by atoms with Gasteiger partial charge in [-0.15, -0.1) is 0 Å². The van der Waals surface area contributed by atoms with Gasteiger partial charge in [-0.05, 0) is 17.7 Å². The number of H-pyrrole nitrogens is 1. The van der Waals surface area contributed by atoms with Gasteiger partial charge < -0.3 is 20.5 Å². The molecule has 1 heterocycles. The lowest BCUT2D eigenvalue weighted by molar-refractivity contribution is -0.119. The van der Waals surface area contributed by atoms with Crippen LogP contribution in [0.1, 0.15) is 18.6 Å². The molecule has 7 heteroatoms. The van der Waals surface area contributed by atoms with E-state index in [4.69, 9.17) is 0 Å². The van der Waals surface area contributed by atoms with E-state index >= 15 is 0 Å². The fourth-order valence-corrected chi connectivity index (χ4v) is 1.85. The number of benzene rings is 1. The van der Waals surface area contributed by atoms with Gasteiger partial charge in [-0.3, -0.25) is 9.59 Å². The molecule has 7 nitrogen and oxygen atoms in total. The highest BCUT2D eigenvalue weighted by molar-refractivity contribution is 5.78. The van der Waals surface area contributed by atoms with E-state index in [0.717, 1.165) is 0 Å². The first-order valence-electron chi connectivity index (χ1n) is 6.07.